The lowest BCUT2D eigenvalue weighted by molar-refractivity contribution is -0.143. The molecular weight excluding hydrogens is 236 g/mol. The first-order valence-corrected chi connectivity index (χ1v) is 5.94. The van der Waals surface area contributed by atoms with Gasteiger partial charge in [-0.3, -0.25) is 19.4 Å². The third-order valence-electron chi connectivity index (χ3n) is 3.03. The molecule has 1 saturated heterocycles. The lowest BCUT2D eigenvalue weighted by atomic mass is 10.3. The van der Waals surface area contributed by atoms with Gasteiger partial charge in [0, 0.05) is 25.2 Å². The summed E-state index contributed by atoms with van der Waals surface area (Å²) >= 11 is 0. The van der Waals surface area contributed by atoms with Gasteiger partial charge in [0.25, 0.3) is 0 Å². The quantitative estimate of drug-likeness (QED) is 0.470. The van der Waals surface area contributed by atoms with Crippen LogP contribution < -0.4 is 10.6 Å². The number of likely N-dealkylation sites (N-methyl/N-ethyl adjacent to an activating group) is 2. The number of hydrogen-bond acceptors (Lipinski definition) is 5. The fourth-order valence-electron chi connectivity index (χ4n) is 1.60. The van der Waals surface area contributed by atoms with Crippen molar-refractivity contribution in [3.8, 4) is 0 Å². The van der Waals surface area contributed by atoms with Crippen molar-refractivity contribution in [3.63, 3.8) is 0 Å². The normalized spacial score (nSPS) is 19.7. The maximum atomic E-state index is 12.0. The molecule has 1 aliphatic heterocycles. The minimum Gasteiger partial charge on any atom is -0.315 e. The third-order valence-corrected chi connectivity index (χ3v) is 3.03. The maximum Gasteiger partial charge on any atom is 0.334 e. The van der Waals surface area contributed by atoms with Crippen LogP contribution in [-0.4, -0.2) is 66.9 Å². The maximum absolute atomic E-state index is 12.0. The molecular formula is C11H20N4O3. The number of urea groups is 1. The van der Waals surface area contributed by atoms with Crippen molar-refractivity contribution in [2.45, 2.75) is 25.9 Å². The minimum absolute atomic E-state index is 0.0487. The highest BCUT2D eigenvalue weighted by Gasteiger charge is 2.44. The molecule has 0 spiro atoms. The first-order valence-electron chi connectivity index (χ1n) is 5.94. The van der Waals surface area contributed by atoms with E-state index in [-0.39, 0.29) is 25.2 Å². The Labute approximate surface area is 106 Å². The Bertz CT molecular complexity index is 326. The summed E-state index contributed by atoms with van der Waals surface area (Å²) < 4.78 is 0. The van der Waals surface area contributed by atoms with E-state index >= 15 is 0 Å². The van der Waals surface area contributed by atoms with E-state index in [1.807, 2.05) is 13.8 Å². The van der Waals surface area contributed by atoms with Gasteiger partial charge in [-0.2, -0.15) is 0 Å². The van der Waals surface area contributed by atoms with Gasteiger partial charge < -0.3 is 10.6 Å². The van der Waals surface area contributed by atoms with Crippen molar-refractivity contribution in [1.29, 1.82) is 0 Å². The van der Waals surface area contributed by atoms with Gasteiger partial charge in [-0.1, -0.05) is 0 Å². The molecule has 1 aliphatic rings. The van der Waals surface area contributed by atoms with Gasteiger partial charge in [-0.25, -0.2) is 4.79 Å². The first kappa shape index (κ1) is 14.6. The summed E-state index contributed by atoms with van der Waals surface area (Å²) in [6, 6.07) is -0.631. The smallest absolute Gasteiger partial charge is 0.315 e. The molecule has 1 rings (SSSR count). The van der Waals surface area contributed by atoms with Gasteiger partial charge in [0.1, 0.15) is 0 Å². The predicted octanol–water partition coefficient (Wildman–Crippen LogP) is -1.01. The van der Waals surface area contributed by atoms with Crippen LogP contribution in [0.3, 0.4) is 0 Å². The molecule has 0 radical (unpaired) electrons. The number of hydrogen-bond donors (Lipinski definition) is 2. The van der Waals surface area contributed by atoms with Crippen LogP contribution in [0.4, 0.5) is 4.79 Å². The number of nitrogens with zero attached hydrogens (tertiary/aromatic N) is 2. The van der Waals surface area contributed by atoms with Crippen LogP contribution in [0, 0.1) is 0 Å². The zero-order valence-electron chi connectivity index (χ0n) is 11.2. The molecule has 2 N–H and O–H groups in total. The van der Waals surface area contributed by atoms with Gasteiger partial charge in [0.15, 0.2) is 0 Å². The number of rotatable bonds is 6. The third kappa shape index (κ3) is 2.85. The average molecular weight is 256 g/mol. The molecule has 0 aromatic carbocycles. The van der Waals surface area contributed by atoms with E-state index in [1.54, 1.807) is 14.1 Å². The number of carbonyl (C=O) groups excluding carboxylic acids is 3. The van der Waals surface area contributed by atoms with Gasteiger partial charge in [-0.15, -0.1) is 0 Å². The summed E-state index contributed by atoms with van der Waals surface area (Å²) in [5.74, 6) is -1.49. The van der Waals surface area contributed by atoms with Crippen molar-refractivity contribution >= 4 is 17.8 Å². The highest BCUT2D eigenvalue weighted by molar-refractivity contribution is 6.44. The highest BCUT2D eigenvalue weighted by atomic mass is 16.2. The molecule has 0 aromatic rings. The summed E-state index contributed by atoms with van der Waals surface area (Å²) in [7, 11) is 3.47. The molecule has 0 aliphatic carbocycles. The Morgan fingerprint density at radius 1 is 0.889 bits per heavy atom. The van der Waals surface area contributed by atoms with Gasteiger partial charge in [-0.05, 0) is 27.9 Å². The van der Waals surface area contributed by atoms with E-state index in [0.29, 0.717) is 0 Å². The molecule has 0 aromatic heterocycles. The lowest BCUT2D eigenvalue weighted by Gasteiger charge is -2.20. The summed E-state index contributed by atoms with van der Waals surface area (Å²) in [6.07, 6.45) is 0. The molecule has 2 unspecified atom stereocenters. The Kier molecular flexibility index (Phi) is 4.80. The second kappa shape index (κ2) is 5.92. The van der Waals surface area contributed by atoms with E-state index < -0.39 is 17.8 Å². The van der Waals surface area contributed by atoms with Crippen molar-refractivity contribution in [1.82, 2.24) is 20.4 Å². The zero-order chi connectivity index (χ0) is 13.9. The zero-order valence-corrected chi connectivity index (χ0v) is 11.2. The van der Waals surface area contributed by atoms with E-state index in [0.717, 1.165) is 9.80 Å². The number of imide groups is 2. The molecule has 4 amide bonds. The van der Waals surface area contributed by atoms with Crippen molar-refractivity contribution < 1.29 is 14.4 Å². The molecule has 18 heavy (non-hydrogen) atoms. The summed E-state index contributed by atoms with van der Waals surface area (Å²) in [5.41, 5.74) is 0. The lowest BCUT2D eigenvalue weighted by Crippen LogP contribution is -2.44. The van der Waals surface area contributed by atoms with Crippen LogP contribution in [0.5, 0.6) is 0 Å². The van der Waals surface area contributed by atoms with Crippen LogP contribution in [0.1, 0.15) is 13.8 Å². The molecule has 1 fully saturated rings. The van der Waals surface area contributed by atoms with E-state index in [1.165, 1.54) is 0 Å². The standard InChI is InChI=1S/C11H20N4O3/c1-7(12-3)5-14-9(16)10(17)15(11(14)18)6-8(2)13-4/h7-8,12-13H,5-6H2,1-4H3. The predicted molar refractivity (Wildman–Crippen MR) is 65.9 cm³/mol. The van der Waals surface area contributed by atoms with Crippen molar-refractivity contribution in [2.75, 3.05) is 27.2 Å². The van der Waals surface area contributed by atoms with Crippen LogP contribution >= 0.6 is 0 Å². The van der Waals surface area contributed by atoms with Gasteiger partial charge in [0.2, 0.25) is 0 Å². The number of amides is 4. The Balaban J connectivity index is 2.77. The second-order valence-electron chi connectivity index (χ2n) is 4.49. The highest BCUT2D eigenvalue weighted by Crippen LogP contribution is 2.12. The van der Waals surface area contributed by atoms with Crippen molar-refractivity contribution in [2.24, 2.45) is 0 Å². The number of nitrogens with one attached hydrogen (secondary N) is 2. The Hall–Kier alpha value is -1.47. The fraction of sp³-hybridized carbons (Fsp3) is 0.727. The SMILES string of the molecule is CNC(C)CN1C(=O)C(=O)N(CC(C)NC)C1=O. The summed E-state index contributed by atoms with van der Waals surface area (Å²) in [5, 5.41) is 5.85. The van der Waals surface area contributed by atoms with Crippen LogP contribution in [0.2, 0.25) is 0 Å². The summed E-state index contributed by atoms with van der Waals surface area (Å²) in [6.45, 7) is 4.07. The molecule has 0 bridgehead atoms. The molecule has 1 heterocycles. The molecule has 0 saturated carbocycles. The van der Waals surface area contributed by atoms with E-state index in [9.17, 15) is 14.4 Å². The molecule has 7 heteroatoms. The van der Waals surface area contributed by atoms with Crippen molar-refractivity contribution in [3.05, 3.63) is 0 Å². The minimum atomic E-state index is -0.745. The largest absolute Gasteiger partial charge is 0.334 e. The van der Waals surface area contributed by atoms with Crippen LogP contribution in [0.15, 0.2) is 0 Å². The summed E-state index contributed by atoms with van der Waals surface area (Å²) in [4.78, 5) is 37.4. The first-order chi connectivity index (χ1) is 8.42. The number of carbonyl (C=O) groups is 3. The van der Waals surface area contributed by atoms with Gasteiger partial charge in [0.05, 0.1) is 0 Å². The molecule has 2 atom stereocenters. The topological polar surface area (TPSA) is 81.8 Å². The second-order valence-corrected chi connectivity index (χ2v) is 4.49. The average Bonchev–Trinajstić information content (AvgIpc) is 2.55. The monoisotopic (exact) mass is 256 g/mol. The van der Waals surface area contributed by atoms with E-state index in [4.69, 9.17) is 0 Å². The fourth-order valence-corrected chi connectivity index (χ4v) is 1.60. The molecule has 102 valence electrons. The Morgan fingerprint density at radius 3 is 1.50 bits per heavy atom. The van der Waals surface area contributed by atoms with E-state index in [2.05, 4.69) is 10.6 Å². The molecule has 7 nitrogen and oxygen atoms in total. The Morgan fingerprint density at radius 2 is 1.22 bits per heavy atom. The van der Waals surface area contributed by atoms with Gasteiger partial charge >= 0.3 is 17.8 Å². The van der Waals surface area contributed by atoms with Crippen LogP contribution in [-0.2, 0) is 9.59 Å². The van der Waals surface area contributed by atoms with Crippen LogP contribution in [0.25, 0.3) is 0 Å².